The van der Waals surface area contributed by atoms with Crippen LogP contribution in [0.5, 0.6) is 0 Å². The molecule has 19 heavy (non-hydrogen) atoms. The molecule has 1 aromatic carbocycles. The normalized spacial score (nSPS) is 13.9. The number of amides is 1. The summed E-state index contributed by atoms with van der Waals surface area (Å²) in [6.07, 6.45) is 0. The predicted octanol–water partition coefficient (Wildman–Crippen LogP) is 0.710. The number of fused-ring (bicyclic) bond motifs is 1. The molecule has 1 heterocycles. The Hall–Kier alpha value is -2.15. The Bertz CT molecular complexity index is 585. The fourth-order valence-corrected chi connectivity index (χ4v) is 1.89. The lowest BCUT2D eigenvalue weighted by Crippen LogP contribution is -2.36. The van der Waals surface area contributed by atoms with E-state index in [0.717, 1.165) is 12.1 Å². The summed E-state index contributed by atoms with van der Waals surface area (Å²) in [5.74, 6) is -4.72. The van der Waals surface area contributed by atoms with E-state index in [2.05, 4.69) is 4.74 Å². The van der Waals surface area contributed by atoms with E-state index in [1.54, 1.807) is 0 Å². The van der Waals surface area contributed by atoms with Crippen LogP contribution in [0.3, 0.4) is 0 Å². The van der Waals surface area contributed by atoms with Gasteiger partial charge in [0.2, 0.25) is 0 Å². The van der Waals surface area contributed by atoms with E-state index in [4.69, 9.17) is 0 Å². The summed E-state index contributed by atoms with van der Waals surface area (Å²) in [6, 6.07) is 1.56. The van der Waals surface area contributed by atoms with Gasteiger partial charge in [-0.1, -0.05) is 0 Å². The first kappa shape index (κ1) is 13.3. The van der Waals surface area contributed by atoms with Gasteiger partial charge >= 0.3 is 0 Å². The fraction of sp³-hybridized carbons (Fsp3) is 0.250. The van der Waals surface area contributed by atoms with Crippen LogP contribution in [-0.2, 0) is 14.3 Å². The molecule has 0 radical (unpaired) electrons. The van der Waals surface area contributed by atoms with Crippen molar-refractivity contribution in [3.05, 3.63) is 29.3 Å². The number of benzene rings is 1. The third-order valence-electron chi connectivity index (χ3n) is 2.65. The van der Waals surface area contributed by atoms with E-state index in [-0.39, 0.29) is 6.61 Å². The lowest BCUT2D eigenvalue weighted by Gasteiger charge is -2.15. The minimum atomic E-state index is -1.16. The van der Waals surface area contributed by atoms with E-state index in [9.17, 15) is 23.2 Å². The van der Waals surface area contributed by atoms with Crippen LogP contribution in [-0.4, -0.2) is 37.7 Å². The highest BCUT2D eigenvalue weighted by molar-refractivity contribution is 6.52. The molecule has 2 rings (SSSR count). The van der Waals surface area contributed by atoms with E-state index < -0.39 is 46.9 Å². The number of halogens is 2. The average molecular weight is 269 g/mol. The first-order valence-electron chi connectivity index (χ1n) is 5.32. The molecule has 5 nitrogen and oxygen atoms in total. The van der Waals surface area contributed by atoms with E-state index in [1.165, 1.54) is 7.11 Å². The standard InChI is InChI=1S/C12H9F2NO4/c1-19-5-6(16)4-15-10-8(14)3-2-7(13)9(10)11(17)12(15)18/h2-3H,4-5H2,1H3. The summed E-state index contributed by atoms with van der Waals surface area (Å²) >= 11 is 0. The zero-order chi connectivity index (χ0) is 14.2. The molecule has 0 unspecified atom stereocenters. The van der Waals surface area contributed by atoms with Gasteiger partial charge in [0, 0.05) is 7.11 Å². The molecule has 0 aliphatic carbocycles. The summed E-state index contributed by atoms with van der Waals surface area (Å²) in [5.41, 5.74) is -1.12. The van der Waals surface area contributed by atoms with Crippen molar-refractivity contribution in [2.45, 2.75) is 0 Å². The fourth-order valence-electron chi connectivity index (χ4n) is 1.89. The van der Waals surface area contributed by atoms with Gasteiger partial charge in [-0.05, 0) is 12.1 Å². The number of hydrogen-bond acceptors (Lipinski definition) is 4. The van der Waals surface area contributed by atoms with Crippen LogP contribution >= 0.6 is 0 Å². The van der Waals surface area contributed by atoms with Gasteiger partial charge in [0.15, 0.2) is 5.78 Å². The topological polar surface area (TPSA) is 63.7 Å². The van der Waals surface area contributed by atoms with Crippen LogP contribution in [0, 0.1) is 11.6 Å². The largest absolute Gasteiger partial charge is 0.377 e. The van der Waals surface area contributed by atoms with Crippen molar-refractivity contribution >= 4 is 23.2 Å². The quantitative estimate of drug-likeness (QED) is 0.755. The van der Waals surface area contributed by atoms with Crippen molar-refractivity contribution < 1.29 is 27.9 Å². The van der Waals surface area contributed by atoms with Crippen molar-refractivity contribution in [1.82, 2.24) is 0 Å². The van der Waals surface area contributed by atoms with Crippen molar-refractivity contribution in [3.63, 3.8) is 0 Å². The van der Waals surface area contributed by atoms with Gasteiger partial charge in [-0.15, -0.1) is 0 Å². The first-order chi connectivity index (χ1) is 8.97. The number of anilines is 1. The van der Waals surface area contributed by atoms with Crippen LogP contribution in [0.2, 0.25) is 0 Å². The molecule has 0 saturated heterocycles. The van der Waals surface area contributed by atoms with Gasteiger partial charge in [0.05, 0.1) is 17.8 Å². The smallest absolute Gasteiger partial charge is 0.300 e. The average Bonchev–Trinajstić information content (AvgIpc) is 2.60. The highest BCUT2D eigenvalue weighted by Crippen LogP contribution is 2.33. The minimum absolute atomic E-state index is 0.287. The third-order valence-corrected chi connectivity index (χ3v) is 2.65. The van der Waals surface area contributed by atoms with Crippen LogP contribution in [0.25, 0.3) is 0 Å². The van der Waals surface area contributed by atoms with E-state index in [0.29, 0.717) is 4.90 Å². The number of ketones is 2. The molecule has 0 aromatic heterocycles. The number of carbonyl (C=O) groups is 3. The molecule has 0 saturated carbocycles. The Balaban J connectivity index is 2.44. The molecule has 1 aliphatic rings. The van der Waals surface area contributed by atoms with Crippen LogP contribution < -0.4 is 4.90 Å². The number of rotatable bonds is 4. The molecule has 0 bridgehead atoms. The Morgan fingerprint density at radius 2 is 1.89 bits per heavy atom. The summed E-state index contributed by atoms with van der Waals surface area (Å²) in [5, 5.41) is 0. The summed E-state index contributed by atoms with van der Waals surface area (Å²) in [4.78, 5) is 35.3. The molecular formula is C12H9F2NO4. The molecule has 1 aromatic rings. The van der Waals surface area contributed by atoms with Gasteiger partial charge in [0.25, 0.3) is 11.7 Å². The number of methoxy groups -OCH3 is 1. The second-order valence-corrected chi connectivity index (χ2v) is 3.94. The summed E-state index contributed by atoms with van der Waals surface area (Å²) in [6.45, 7) is -0.823. The van der Waals surface area contributed by atoms with Crippen molar-refractivity contribution in [2.75, 3.05) is 25.2 Å². The number of hydrogen-bond donors (Lipinski definition) is 0. The molecule has 100 valence electrons. The van der Waals surface area contributed by atoms with E-state index >= 15 is 0 Å². The zero-order valence-corrected chi connectivity index (χ0v) is 9.91. The molecule has 0 spiro atoms. The Morgan fingerprint density at radius 3 is 2.53 bits per heavy atom. The molecule has 1 aliphatic heterocycles. The third kappa shape index (κ3) is 2.12. The maximum absolute atomic E-state index is 13.6. The number of nitrogens with zero attached hydrogens (tertiary/aromatic N) is 1. The van der Waals surface area contributed by atoms with Gasteiger partial charge in [-0.3, -0.25) is 19.3 Å². The number of ether oxygens (including phenoxy) is 1. The van der Waals surface area contributed by atoms with Crippen molar-refractivity contribution in [2.24, 2.45) is 0 Å². The Kier molecular flexibility index (Phi) is 3.39. The SMILES string of the molecule is COCC(=O)CN1C(=O)C(=O)c2c(F)ccc(F)c21. The maximum Gasteiger partial charge on any atom is 0.300 e. The molecule has 1 amide bonds. The maximum atomic E-state index is 13.6. The van der Waals surface area contributed by atoms with Gasteiger partial charge in [-0.25, -0.2) is 8.78 Å². The van der Waals surface area contributed by atoms with Gasteiger partial charge < -0.3 is 4.74 Å². The van der Waals surface area contributed by atoms with Crippen molar-refractivity contribution in [3.8, 4) is 0 Å². The minimum Gasteiger partial charge on any atom is -0.377 e. The Morgan fingerprint density at radius 1 is 1.26 bits per heavy atom. The molecular weight excluding hydrogens is 260 g/mol. The molecule has 0 atom stereocenters. The van der Waals surface area contributed by atoms with Gasteiger partial charge in [-0.2, -0.15) is 0 Å². The molecule has 0 N–H and O–H groups in total. The van der Waals surface area contributed by atoms with E-state index in [1.807, 2.05) is 0 Å². The summed E-state index contributed by atoms with van der Waals surface area (Å²) in [7, 11) is 1.28. The molecule has 7 heteroatoms. The highest BCUT2D eigenvalue weighted by Gasteiger charge is 2.41. The van der Waals surface area contributed by atoms with Crippen LogP contribution in [0.4, 0.5) is 14.5 Å². The lowest BCUT2D eigenvalue weighted by atomic mass is 10.1. The van der Waals surface area contributed by atoms with Crippen LogP contribution in [0.15, 0.2) is 12.1 Å². The lowest BCUT2D eigenvalue weighted by molar-refractivity contribution is -0.123. The highest BCUT2D eigenvalue weighted by atomic mass is 19.1. The van der Waals surface area contributed by atoms with Gasteiger partial charge in [0.1, 0.15) is 18.2 Å². The monoisotopic (exact) mass is 269 g/mol. The predicted molar refractivity (Wildman–Crippen MR) is 59.9 cm³/mol. The number of Topliss-reactive ketones (excluding diaryl/α,β-unsaturated/α-hetero) is 2. The zero-order valence-electron chi connectivity index (χ0n) is 9.91. The molecule has 0 fully saturated rings. The second-order valence-electron chi connectivity index (χ2n) is 3.94. The van der Waals surface area contributed by atoms with Crippen molar-refractivity contribution in [1.29, 1.82) is 0 Å². The Labute approximate surface area is 106 Å². The second kappa shape index (κ2) is 4.85. The van der Waals surface area contributed by atoms with Crippen LogP contribution in [0.1, 0.15) is 10.4 Å². The first-order valence-corrected chi connectivity index (χ1v) is 5.32. The number of carbonyl (C=O) groups excluding carboxylic acids is 3. The summed E-state index contributed by atoms with van der Waals surface area (Å²) < 4.78 is 31.7.